The van der Waals surface area contributed by atoms with Crippen LogP contribution < -0.4 is 5.32 Å². The zero-order chi connectivity index (χ0) is 10.7. The molecule has 0 saturated heterocycles. The zero-order valence-corrected chi connectivity index (χ0v) is 8.72. The Bertz CT molecular complexity index is 359. The summed E-state index contributed by atoms with van der Waals surface area (Å²) in [5.74, 6) is -1.36. The van der Waals surface area contributed by atoms with Crippen molar-refractivity contribution in [3.8, 4) is 0 Å². The SMILES string of the molecule is Cc1ccsc1C(=O)N[C@H](C)C(=O)O. The van der Waals surface area contributed by atoms with Crippen LogP contribution in [0.15, 0.2) is 11.4 Å². The molecule has 14 heavy (non-hydrogen) atoms. The summed E-state index contributed by atoms with van der Waals surface area (Å²) >= 11 is 1.31. The molecular weight excluding hydrogens is 202 g/mol. The average molecular weight is 213 g/mol. The normalized spacial score (nSPS) is 12.1. The first kappa shape index (κ1) is 10.7. The summed E-state index contributed by atoms with van der Waals surface area (Å²) in [6.07, 6.45) is 0. The van der Waals surface area contributed by atoms with Gasteiger partial charge in [-0.2, -0.15) is 0 Å². The van der Waals surface area contributed by atoms with Gasteiger partial charge in [-0.05, 0) is 30.9 Å². The van der Waals surface area contributed by atoms with Crippen molar-refractivity contribution in [3.05, 3.63) is 21.9 Å². The van der Waals surface area contributed by atoms with E-state index in [1.165, 1.54) is 18.3 Å². The van der Waals surface area contributed by atoms with Crippen LogP contribution in [0.4, 0.5) is 0 Å². The van der Waals surface area contributed by atoms with Gasteiger partial charge in [0.15, 0.2) is 0 Å². The number of thiophene rings is 1. The number of aliphatic carboxylic acids is 1. The number of nitrogens with one attached hydrogen (secondary N) is 1. The number of carboxylic acids is 1. The van der Waals surface area contributed by atoms with Crippen molar-refractivity contribution in [1.82, 2.24) is 5.32 Å². The summed E-state index contributed by atoms with van der Waals surface area (Å²) in [4.78, 5) is 22.5. The molecule has 0 aliphatic heterocycles. The molecule has 0 aromatic carbocycles. The van der Waals surface area contributed by atoms with E-state index in [4.69, 9.17) is 5.11 Å². The average Bonchev–Trinajstić information content (AvgIpc) is 2.51. The van der Waals surface area contributed by atoms with Crippen molar-refractivity contribution >= 4 is 23.2 Å². The Hall–Kier alpha value is -1.36. The number of rotatable bonds is 3. The first-order valence-corrected chi connectivity index (χ1v) is 4.98. The Morgan fingerprint density at radius 1 is 1.57 bits per heavy atom. The maximum Gasteiger partial charge on any atom is 0.325 e. The van der Waals surface area contributed by atoms with Crippen molar-refractivity contribution in [2.45, 2.75) is 19.9 Å². The summed E-state index contributed by atoms with van der Waals surface area (Å²) in [6, 6.07) is 0.967. The third-order valence-corrected chi connectivity index (χ3v) is 2.80. The first-order valence-electron chi connectivity index (χ1n) is 4.10. The number of hydrogen-bond acceptors (Lipinski definition) is 3. The van der Waals surface area contributed by atoms with E-state index in [1.807, 2.05) is 13.0 Å². The number of aryl methyl sites for hydroxylation is 1. The highest BCUT2D eigenvalue weighted by molar-refractivity contribution is 7.12. The topological polar surface area (TPSA) is 66.4 Å². The summed E-state index contributed by atoms with van der Waals surface area (Å²) < 4.78 is 0. The fourth-order valence-corrected chi connectivity index (χ4v) is 1.76. The first-order chi connectivity index (χ1) is 6.52. The summed E-state index contributed by atoms with van der Waals surface area (Å²) in [5, 5.41) is 12.8. The van der Waals surface area contributed by atoms with Crippen LogP contribution in [0.2, 0.25) is 0 Å². The standard InChI is InChI=1S/C9H11NO3S/c1-5-3-4-14-7(5)8(11)10-6(2)9(12)13/h3-4,6H,1-2H3,(H,10,11)(H,12,13)/t6-/m1/s1. The fraction of sp³-hybridized carbons (Fsp3) is 0.333. The van der Waals surface area contributed by atoms with Crippen molar-refractivity contribution in [2.75, 3.05) is 0 Å². The van der Waals surface area contributed by atoms with Crippen LogP contribution in [-0.4, -0.2) is 23.0 Å². The lowest BCUT2D eigenvalue weighted by Crippen LogP contribution is -2.38. The number of carbonyl (C=O) groups is 2. The lowest BCUT2D eigenvalue weighted by molar-refractivity contribution is -0.138. The molecule has 0 aliphatic carbocycles. The van der Waals surface area contributed by atoms with E-state index < -0.39 is 12.0 Å². The van der Waals surface area contributed by atoms with Gasteiger partial charge in [-0.1, -0.05) is 0 Å². The van der Waals surface area contributed by atoms with Crippen molar-refractivity contribution in [2.24, 2.45) is 0 Å². The molecule has 0 radical (unpaired) electrons. The molecule has 1 aromatic heterocycles. The van der Waals surface area contributed by atoms with Crippen molar-refractivity contribution in [3.63, 3.8) is 0 Å². The Kier molecular flexibility index (Phi) is 3.24. The van der Waals surface area contributed by atoms with E-state index in [2.05, 4.69) is 5.32 Å². The smallest absolute Gasteiger partial charge is 0.325 e. The number of carbonyl (C=O) groups excluding carboxylic acids is 1. The summed E-state index contributed by atoms with van der Waals surface area (Å²) in [7, 11) is 0. The van der Waals surface area contributed by atoms with Gasteiger partial charge in [-0.25, -0.2) is 0 Å². The van der Waals surface area contributed by atoms with Crippen LogP contribution in [0, 0.1) is 6.92 Å². The lowest BCUT2D eigenvalue weighted by Gasteiger charge is -2.08. The lowest BCUT2D eigenvalue weighted by atomic mass is 10.2. The predicted molar refractivity (Wildman–Crippen MR) is 53.6 cm³/mol. The molecule has 0 spiro atoms. The van der Waals surface area contributed by atoms with Gasteiger partial charge < -0.3 is 10.4 Å². The van der Waals surface area contributed by atoms with Gasteiger partial charge in [0.2, 0.25) is 0 Å². The second kappa shape index (κ2) is 4.23. The van der Waals surface area contributed by atoms with Crippen LogP contribution in [0.1, 0.15) is 22.2 Å². The molecule has 0 fully saturated rings. The van der Waals surface area contributed by atoms with E-state index in [0.29, 0.717) is 4.88 Å². The van der Waals surface area contributed by atoms with Gasteiger partial charge in [-0.15, -0.1) is 11.3 Å². The van der Waals surface area contributed by atoms with E-state index in [0.717, 1.165) is 5.56 Å². The van der Waals surface area contributed by atoms with E-state index in [1.54, 1.807) is 5.38 Å². The largest absolute Gasteiger partial charge is 0.480 e. The van der Waals surface area contributed by atoms with Crippen molar-refractivity contribution < 1.29 is 14.7 Å². The monoisotopic (exact) mass is 213 g/mol. The van der Waals surface area contributed by atoms with Crippen LogP contribution >= 0.6 is 11.3 Å². The van der Waals surface area contributed by atoms with Gasteiger partial charge in [0.05, 0.1) is 4.88 Å². The van der Waals surface area contributed by atoms with Crippen LogP contribution in [0.25, 0.3) is 0 Å². The second-order valence-electron chi connectivity index (χ2n) is 2.97. The fourth-order valence-electron chi connectivity index (χ4n) is 0.929. The maximum atomic E-state index is 11.5. The van der Waals surface area contributed by atoms with Gasteiger partial charge in [-0.3, -0.25) is 9.59 Å². The molecule has 1 rings (SSSR count). The molecule has 2 N–H and O–H groups in total. The third-order valence-electron chi connectivity index (χ3n) is 1.79. The van der Waals surface area contributed by atoms with Crippen molar-refractivity contribution in [1.29, 1.82) is 0 Å². The molecule has 4 nitrogen and oxygen atoms in total. The number of hydrogen-bond donors (Lipinski definition) is 2. The second-order valence-corrected chi connectivity index (χ2v) is 3.88. The molecule has 5 heteroatoms. The summed E-state index contributed by atoms with van der Waals surface area (Å²) in [6.45, 7) is 3.25. The molecule has 0 saturated carbocycles. The highest BCUT2D eigenvalue weighted by atomic mass is 32.1. The number of carboxylic acid groups (broad SMARTS) is 1. The molecule has 1 aromatic rings. The Morgan fingerprint density at radius 2 is 2.21 bits per heavy atom. The minimum absolute atomic E-state index is 0.326. The molecule has 0 aliphatic rings. The zero-order valence-electron chi connectivity index (χ0n) is 7.90. The third kappa shape index (κ3) is 2.32. The Labute approximate surface area is 85.6 Å². The number of amides is 1. The predicted octanol–water partition coefficient (Wildman–Crippen LogP) is 1.26. The van der Waals surface area contributed by atoms with E-state index in [9.17, 15) is 9.59 Å². The highest BCUT2D eigenvalue weighted by Crippen LogP contribution is 2.15. The Morgan fingerprint density at radius 3 is 2.64 bits per heavy atom. The minimum atomic E-state index is -1.03. The van der Waals surface area contributed by atoms with E-state index in [-0.39, 0.29) is 5.91 Å². The summed E-state index contributed by atoms with van der Waals surface area (Å²) in [5.41, 5.74) is 0.866. The van der Waals surface area contributed by atoms with Crippen LogP contribution in [0.5, 0.6) is 0 Å². The van der Waals surface area contributed by atoms with Crippen LogP contribution in [0.3, 0.4) is 0 Å². The quantitative estimate of drug-likeness (QED) is 0.794. The highest BCUT2D eigenvalue weighted by Gasteiger charge is 2.17. The molecule has 0 unspecified atom stereocenters. The van der Waals surface area contributed by atoms with Gasteiger partial charge in [0.1, 0.15) is 6.04 Å². The molecule has 1 amide bonds. The van der Waals surface area contributed by atoms with E-state index >= 15 is 0 Å². The minimum Gasteiger partial charge on any atom is -0.480 e. The Balaban J connectivity index is 2.69. The van der Waals surface area contributed by atoms with Gasteiger partial charge in [0.25, 0.3) is 5.91 Å². The molecule has 0 bridgehead atoms. The molecular formula is C9H11NO3S. The molecule has 1 atom stereocenters. The van der Waals surface area contributed by atoms with Crippen LogP contribution in [-0.2, 0) is 4.79 Å². The maximum absolute atomic E-state index is 11.5. The molecule has 1 heterocycles. The van der Waals surface area contributed by atoms with Gasteiger partial charge in [0, 0.05) is 0 Å². The molecule has 76 valence electrons. The van der Waals surface area contributed by atoms with Gasteiger partial charge >= 0.3 is 5.97 Å².